The van der Waals surface area contributed by atoms with Gasteiger partial charge in [-0.1, -0.05) is 43.9 Å². The van der Waals surface area contributed by atoms with E-state index in [4.69, 9.17) is 17.3 Å². The van der Waals surface area contributed by atoms with Gasteiger partial charge in [0.15, 0.2) is 0 Å². The SMILES string of the molecule is CCC1CCC(C(N)c2c(F)cccc2Cl)CC1. The van der Waals surface area contributed by atoms with Gasteiger partial charge in [0, 0.05) is 16.6 Å². The first-order chi connectivity index (χ1) is 8.63. The van der Waals surface area contributed by atoms with Gasteiger partial charge >= 0.3 is 0 Å². The van der Waals surface area contributed by atoms with E-state index < -0.39 is 0 Å². The van der Waals surface area contributed by atoms with Crippen LogP contribution in [-0.4, -0.2) is 0 Å². The summed E-state index contributed by atoms with van der Waals surface area (Å²) < 4.78 is 13.8. The van der Waals surface area contributed by atoms with Crippen LogP contribution in [0.1, 0.15) is 50.6 Å². The molecule has 1 saturated carbocycles. The molecule has 2 N–H and O–H groups in total. The minimum absolute atomic E-state index is 0.267. The Balaban J connectivity index is 2.10. The van der Waals surface area contributed by atoms with E-state index in [-0.39, 0.29) is 11.9 Å². The molecule has 0 aromatic heterocycles. The Bertz CT molecular complexity index is 379. The van der Waals surface area contributed by atoms with Crippen molar-refractivity contribution in [1.82, 2.24) is 0 Å². The highest BCUT2D eigenvalue weighted by molar-refractivity contribution is 6.31. The highest BCUT2D eigenvalue weighted by Gasteiger charge is 2.28. The van der Waals surface area contributed by atoms with Gasteiger partial charge < -0.3 is 5.73 Å². The zero-order valence-electron chi connectivity index (χ0n) is 10.8. The van der Waals surface area contributed by atoms with Crippen molar-refractivity contribution >= 4 is 11.6 Å². The summed E-state index contributed by atoms with van der Waals surface area (Å²) in [5, 5.41) is 0.458. The predicted molar refractivity (Wildman–Crippen MR) is 74.1 cm³/mol. The Morgan fingerprint density at radius 2 is 2.00 bits per heavy atom. The second-order valence-electron chi connectivity index (χ2n) is 5.35. The van der Waals surface area contributed by atoms with Crippen molar-refractivity contribution in [3.8, 4) is 0 Å². The molecule has 0 radical (unpaired) electrons. The molecular formula is C15H21ClFN. The van der Waals surface area contributed by atoms with Crippen LogP contribution in [0.25, 0.3) is 0 Å². The van der Waals surface area contributed by atoms with Crippen LogP contribution in [0.3, 0.4) is 0 Å². The van der Waals surface area contributed by atoms with E-state index in [1.165, 1.54) is 25.3 Å². The molecule has 0 amide bonds. The van der Waals surface area contributed by atoms with Crippen LogP contribution in [0, 0.1) is 17.7 Å². The summed E-state index contributed by atoms with van der Waals surface area (Å²) in [6.07, 6.45) is 5.83. The van der Waals surface area contributed by atoms with E-state index >= 15 is 0 Å². The summed E-state index contributed by atoms with van der Waals surface area (Å²) in [7, 11) is 0. The molecule has 0 aliphatic heterocycles. The van der Waals surface area contributed by atoms with E-state index in [0.29, 0.717) is 16.5 Å². The molecule has 1 aromatic rings. The third kappa shape index (κ3) is 2.86. The van der Waals surface area contributed by atoms with Crippen molar-refractivity contribution < 1.29 is 4.39 Å². The van der Waals surface area contributed by atoms with Gasteiger partial charge in [0.2, 0.25) is 0 Å². The summed E-state index contributed by atoms with van der Waals surface area (Å²) in [4.78, 5) is 0. The van der Waals surface area contributed by atoms with Crippen molar-refractivity contribution in [2.45, 2.75) is 45.1 Å². The molecule has 1 aromatic carbocycles. The summed E-state index contributed by atoms with van der Waals surface area (Å²) in [6.45, 7) is 2.23. The third-order valence-electron chi connectivity index (χ3n) is 4.31. The van der Waals surface area contributed by atoms with Gasteiger partial charge in [-0.05, 0) is 36.8 Å². The van der Waals surface area contributed by atoms with Gasteiger partial charge in [-0.2, -0.15) is 0 Å². The van der Waals surface area contributed by atoms with Gasteiger partial charge in [-0.15, -0.1) is 0 Å². The lowest BCUT2D eigenvalue weighted by atomic mass is 9.76. The van der Waals surface area contributed by atoms with Crippen LogP contribution in [0.5, 0.6) is 0 Å². The fourth-order valence-corrected chi connectivity index (χ4v) is 3.31. The number of hydrogen-bond donors (Lipinski definition) is 1. The van der Waals surface area contributed by atoms with Crippen LogP contribution in [-0.2, 0) is 0 Å². The van der Waals surface area contributed by atoms with Crippen molar-refractivity contribution in [2.75, 3.05) is 0 Å². The van der Waals surface area contributed by atoms with E-state index in [2.05, 4.69) is 6.92 Å². The normalized spacial score (nSPS) is 26.0. The molecule has 0 saturated heterocycles. The number of benzene rings is 1. The number of hydrogen-bond acceptors (Lipinski definition) is 1. The first-order valence-electron chi connectivity index (χ1n) is 6.83. The predicted octanol–water partition coefficient (Wildman–Crippen LogP) is 4.70. The summed E-state index contributed by atoms with van der Waals surface area (Å²) in [6, 6.07) is 4.52. The second-order valence-corrected chi connectivity index (χ2v) is 5.76. The quantitative estimate of drug-likeness (QED) is 0.846. The third-order valence-corrected chi connectivity index (χ3v) is 4.64. The fraction of sp³-hybridized carbons (Fsp3) is 0.600. The lowest BCUT2D eigenvalue weighted by Gasteiger charge is -2.32. The molecule has 1 fully saturated rings. The molecule has 1 aliphatic carbocycles. The molecule has 0 heterocycles. The first kappa shape index (κ1) is 13.8. The van der Waals surface area contributed by atoms with Gasteiger partial charge in [0.05, 0.1) is 0 Å². The summed E-state index contributed by atoms with van der Waals surface area (Å²) >= 11 is 6.08. The second kappa shape index (κ2) is 6.03. The fourth-order valence-electron chi connectivity index (χ4n) is 3.02. The maximum atomic E-state index is 13.8. The molecule has 100 valence electrons. The van der Waals surface area contributed by atoms with Crippen LogP contribution in [0.4, 0.5) is 4.39 Å². The summed E-state index contributed by atoms with van der Waals surface area (Å²) in [5.41, 5.74) is 6.73. The van der Waals surface area contributed by atoms with E-state index in [9.17, 15) is 4.39 Å². The summed E-state index contributed by atoms with van der Waals surface area (Å²) in [5.74, 6) is 0.916. The maximum absolute atomic E-state index is 13.8. The highest BCUT2D eigenvalue weighted by Crippen LogP contribution is 2.39. The van der Waals surface area contributed by atoms with Gasteiger partial charge in [-0.25, -0.2) is 4.39 Å². The van der Waals surface area contributed by atoms with Crippen LogP contribution >= 0.6 is 11.6 Å². The number of halogens is 2. The maximum Gasteiger partial charge on any atom is 0.129 e. The lowest BCUT2D eigenvalue weighted by molar-refractivity contribution is 0.238. The van der Waals surface area contributed by atoms with Crippen molar-refractivity contribution in [1.29, 1.82) is 0 Å². The Hall–Kier alpha value is -0.600. The molecule has 1 aliphatic rings. The van der Waals surface area contributed by atoms with Crippen molar-refractivity contribution in [2.24, 2.45) is 17.6 Å². The molecule has 0 bridgehead atoms. The molecule has 2 rings (SSSR count). The molecule has 1 atom stereocenters. The Morgan fingerprint density at radius 1 is 1.33 bits per heavy atom. The minimum atomic E-state index is -0.271. The van der Waals surface area contributed by atoms with E-state index in [1.807, 2.05) is 0 Å². The molecule has 1 nitrogen and oxygen atoms in total. The number of nitrogens with two attached hydrogens (primary N) is 1. The molecule has 18 heavy (non-hydrogen) atoms. The molecule has 3 heteroatoms. The Kier molecular flexibility index (Phi) is 4.63. The smallest absolute Gasteiger partial charge is 0.129 e. The molecular weight excluding hydrogens is 249 g/mol. The average molecular weight is 270 g/mol. The van der Waals surface area contributed by atoms with E-state index in [0.717, 1.165) is 18.8 Å². The molecule has 0 spiro atoms. The molecule has 1 unspecified atom stereocenters. The van der Waals surface area contributed by atoms with Crippen LogP contribution in [0.2, 0.25) is 5.02 Å². The minimum Gasteiger partial charge on any atom is -0.324 e. The standard InChI is InChI=1S/C15H21ClFN/c1-2-10-6-8-11(9-7-10)15(18)14-12(16)4-3-5-13(14)17/h3-5,10-11,15H,2,6-9,18H2,1H3. The van der Waals surface area contributed by atoms with Crippen LogP contribution < -0.4 is 5.73 Å². The van der Waals surface area contributed by atoms with Gasteiger partial charge in [0.25, 0.3) is 0 Å². The van der Waals surface area contributed by atoms with Crippen LogP contribution in [0.15, 0.2) is 18.2 Å². The van der Waals surface area contributed by atoms with Crippen molar-refractivity contribution in [3.05, 3.63) is 34.6 Å². The van der Waals surface area contributed by atoms with Crippen molar-refractivity contribution in [3.63, 3.8) is 0 Å². The van der Waals surface area contributed by atoms with Gasteiger partial charge in [0.1, 0.15) is 5.82 Å². The highest BCUT2D eigenvalue weighted by atomic mass is 35.5. The Labute approximate surface area is 114 Å². The topological polar surface area (TPSA) is 26.0 Å². The number of rotatable bonds is 3. The van der Waals surface area contributed by atoms with Gasteiger partial charge in [-0.3, -0.25) is 0 Å². The van der Waals surface area contributed by atoms with E-state index in [1.54, 1.807) is 12.1 Å². The zero-order chi connectivity index (χ0) is 13.1. The largest absolute Gasteiger partial charge is 0.324 e. The monoisotopic (exact) mass is 269 g/mol. The Morgan fingerprint density at radius 3 is 2.56 bits per heavy atom. The first-order valence-corrected chi connectivity index (χ1v) is 7.20. The average Bonchev–Trinajstić information content (AvgIpc) is 2.38. The lowest BCUT2D eigenvalue weighted by Crippen LogP contribution is -2.27. The zero-order valence-corrected chi connectivity index (χ0v) is 11.6.